The Morgan fingerprint density at radius 3 is 2.95 bits per heavy atom. The highest BCUT2D eigenvalue weighted by atomic mass is 35.5. The summed E-state index contributed by atoms with van der Waals surface area (Å²) < 4.78 is 11.2. The number of rotatable bonds is 6. The largest absolute Gasteiger partial charge is 0.493 e. The van der Waals surface area contributed by atoms with Gasteiger partial charge in [-0.05, 0) is 24.5 Å². The van der Waals surface area contributed by atoms with Crippen molar-refractivity contribution < 1.29 is 14.6 Å². The molecule has 0 aliphatic carbocycles. The molecule has 1 unspecified atom stereocenters. The number of aliphatic hydroxyl groups is 1. The molecule has 1 atom stereocenters. The van der Waals surface area contributed by atoms with Gasteiger partial charge in [0.2, 0.25) is 0 Å². The molecule has 1 heterocycles. The Hall–Kier alpha value is -0.970. The van der Waals surface area contributed by atoms with Crippen LogP contribution in [0.25, 0.3) is 0 Å². The van der Waals surface area contributed by atoms with Crippen molar-refractivity contribution in [3.05, 3.63) is 23.8 Å². The number of ether oxygens (including phenoxy) is 2. The van der Waals surface area contributed by atoms with Crippen molar-refractivity contribution in [1.29, 1.82) is 0 Å². The maximum Gasteiger partial charge on any atom is 0.126 e. The van der Waals surface area contributed by atoms with Crippen LogP contribution in [0.15, 0.2) is 18.2 Å². The lowest BCUT2D eigenvalue weighted by Crippen LogP contribution is -2.35. The third kappa shape index (κ3) is 5.19. The van der Waals surface area contributed by atoms with Gasteiger partial charge in [0.15, 0.2) is 0 Å². The standard InChI is InChI=1S/C15H23NO3.ClH/c1-11(2)16-9-13(17)10-19-14-6-5-12-4-3-7-18-15(12)8-14;/h5-6,8,11,13,16-17H,3-4,7,9-10H2,1-2H3;1H. The third-order valence-electron chi connectivity index (χ3n) is 3.09. The third-order valence-corrected chi connectivity index (χ3v) is 3.09. The molecule has 0 aromatic heterocycles. The molecule has 0 fully saturated rings. The minimum atomic E-state index is -0.501. The molecule has 0 bridgehead atoms. The zero-order valence-corrected chi connectivity index (χ0v) is 12.9. The normalized spacial score (nSPS) is 15.0. The summed E-state index contributed by atoms with van der Waals surface area (Å²) in [7, 11) is 0. The number of nitrogens with one attached hydrogen (secondary N) is 1. The van der Waals surface area contributed by atoms with Gasteiger partial charge in [-0.15, -0.1) is 12.4 Å². The molecule has 0 radical (unpaired) electrons. The molecule has 2 N–H and O–H groups in total. The Labute approximate surface area is 126 Å². The molecular weight excluding hydrogens is 278 g/mol. The van der Waals surface area contributed by atoms with Crippen molar-refractivity contribution in [3.63, 3.8) is 0 Å². The van der Waals surface area contributed by atoms with Crippen LogP contribution in [-0.4, -0.2) is 37.0 Å². The average molecular weight is 302 g/mol. The fourth-order valence-corrected chi connectivity index (χ4v) is 2.03. The summed E-state index contributed by atoms with van der Waals surface area (Å²) in [5.74, 6) is 1.67. The highest BCUT2D eigenvalue weighted by molar-refractivity contribution is 5.85. The van der Waals surface area contributed by atoms with Crippen LogP contribution < -0.4 is 14.8 Å². The molecule has 0 amide bonds. The van der Waals surface area contributed by atoms with Crippen molar-refractivity contribution in [2.24, 2.45) is 0 Å². The summed E-state index contributed by atoms with van der Waals surface area (Å²) in [5, 5.41) is 13.0. The Kier molecular flexibility index (Phi) is 7.13. The topological polar surface area (TPSA) is 50.7 Å². The fourth-order valence-electron chi connectivity index (χ4n) is 2.03. The van der Waals surface area contributed by atoms with Crippen LogP contribution in [-0.2, 0) is 6.42 Å². The quantitative estimate of drug-likeness (QED) is 0.845. The van der Waals surface area contributed by atoms with Gasteiger partial charge in [-0.25, -0.2) is 0 Å². The van der Waals surface area contributed by atoms with Gasteiger partial charge in [-0.2, -0.15) is 0 Å². The van der Waals surface area contributed by atoms with E-state index in [0.717, 1.165) is 30.9 Å². The highest BCUT2D eigenvalue weighted by Crippen LogP contribution is 2.28. The molecule has 0 spiro atoms. The van der Waals surface area contributed by atoms with E-state index in [1.807, 2.05) is 32.0 Å². The first-order chi connectivity index (χ1) is 9.15. The Balaban J connectivity index is 0.00000200. The van der Waals surface area contributed by atoms with Gasteiger partial charge < -0.3 is 19.9 Å². The maximum absolute atomic E-state index is 9.78. The number of hydrogen-bond acceptors (Lipinski definition) is 4. The van der Waals surface area contributed by atoms with Crippen LogP contribution >= 0.6 is 12.4 Å². The van der Waals surface area contributed by atoms with Crippen LogP contribution in [0.1, 0.15) is 25.8 Å². The van der Waals surface area contributed by atoms with E-state index < -0.39 is 6.10 Å². The zero-order chi connectivity index (χ0) is 13.7. The fraction of sp³-hybridized carbons (Fsp3) is 0.600. The number of aryl methyl sites for hydroxylation is 1. The summed E-state index contributed by atoms with van der Waals surface area (Å²) in [6.07, 6.45) is 1.64. The second-order valence-electron chi connectivity index (χ2n) is 5.25. The van der Waals surface area contributed by atoms with Crippen molar-refractivity contribution in [2.45, 2.75) is 38.8 Å². The average Bonchev–Trinajstić information content (AvgIpc) is 2.42. The molecule has 1 aliphatic rings. The minimum absolute atomic E-state index is 0. The molecule has 0 saturated heterocycles. The van der Waals surface area contributed by atoms with E-state index in [4.69, 9.17) is 9.47 Å². The van der Waals surface area contributed by atoms with Crippen LogP contribution in [0.3, 0.4) is 0 Å². The SMILES string of the molecule is CC(C)NCC(O)COc1ccc2c(c1)OCCC2.Cl. The van der Waals surface area contributed by atoms with Crippen LogP contribution in [0, 0.1) is 0 Å². The van der Waals surface area contributed by atoms with E-state index in [1.54, 1.807) is 0 Å². The number of halogens is 1. The maximum atomic E-state index is 9.78. The summed E-state index contributed by atoms with van der Waals surface area (Å²) in [4.78, 5) is 0. The first kappa shape index (κ1) is 17.1. The van der Waals surface area contributed by atoms with Gasteiger partial charge in [0.1, 0.15) is 24.2 Å². The lowest BCUT2D eigenvalue weighted by Gasteiger charge is -2.19. The van der Waals surface area contributed by atoms with Gasteiger partial charge in [-0.1, -0.05) is 19.9 Å². The minimum Gasteiger partial charge on any atom is -0.493 e. The lowest BCUT2D eigenvalue weighted by atomic mass is 10.1. The van der Waals surface area contributed by atoms with E-state index >= 15 is 0 Å². The Morgan fingerprint density at radius 2 is 2.20 bits per heavy atom. The van der Waals surface area contributed by atoms with Crippen molar-refractivity contribution >= 4 is 12.4 Å². The van der Waals surface area contributed by atoms with E-state index in [2.05, 4.69) is 5.32 Å². The number of benzene rings is 1. The molecule has 1 aliphatic heterocycles. The smallest absolute Gasteiger partial charge is 0.126 e. The van der Waals surface area contributed by atoms with Gasteiger partial charge in [-0.3, -0.25) is 0 Å². The van der Waals surface area contributed by atoms with Crippen molar-refractivity contribution in [3.8, 4) is 11.5 Å². The van der Waals surface area contributed by atoms with Crippen molar-refractivity contribution in [1.82, 2.24) is 5.32 Å². The van der Waals surface area contributed by atoms with Gasteiger partial charge in [0, 0.05) is 18.7 Å². The van der Waals surface area contributed by atoms with Crippen LogP contribution in [0.5, 0.6) is 11.5 Å². The van der Waals surface area contributed by atoms with Crippen LogP contribution in [0.4, 0.5) is 0 Å². The molecule has 1 aromatic carbocycles. The monoisotopic (exact) mass is 301 g/mol. The van der Waals surface area contributed by atoms with E-state index in [-0.39, 0.29) is 12.4 Å². The summed E-state index contributed by atoms with van der Waals surface area (Å²) in [5.41, 5.74) is 1.24. The summed E-state index contributed by atoms with van der Waals surface area (Å²) in [6.45, 7) is 5.71. The van der Waals surface area contributed by atoms with Crippen LogP contribution in [0.2, 0.25) is 0 Å². The van der Waals surface area contributed by atoms with E-state index in [9.17, 15) is 5.11 Å². The molecule has 5 heteroatoms. The Morgan fingerprint density at radius 1 is 1.40 bits per heavy atom. The predicted octanol–water partition coefficient (Wildman–Crippen LogP) is 2.17. The second-order valence-corrected chi connectivity index (χ2v) is 5.25. The number of hydrogen-bond donors (Lipinski definition) is 2. The summed E-state index contributed by atoms with van der Waals surface area (Å²) >= 11 is 0. The molecule has 0 saturated carbocycles. The molecule has 20 heavy (non-hydrogen) atoms. The highest BCUT2D eigenvalue weighted by Gasteiger charge is 2.12. The first-order valence-electron chi connectivity index (χ1n) is 6.95. The lowest BCUT2D eigenvalue weighted by molar-refractivity contribution is 0.104. The molecular formula is C15H24ClNO3. The van der Waals surface area contributed by atoms with Crippen molar-refractivity contribution in [2.75, 3.05) is 19.8 Å². The van der Waals surface area contributed by atoms with Gasteiger partial charge >= 0.3 is 0 Å². The Bertz CT molecular complexity index is 412. The predicted molar refractivity (Wildman–Crippen MR) is 82.1 cm³/mol. The van der Waals surface area contributed by atoms with E-state index in [0.29, 0.717) is 19.2 Å². The molecule has 114 valence electrons. The second kappa shape index (κ2) is 8.35. The molecule has 4 nitrogen and oxygen atoms in total. The number of fused-ring (bicyclic) bond motifs is 1. The van der Waals surface area contributed by atoms with E-state index in [1.165, 1.54) is 5.56 Å². The first-order valence-corrected chi connectivity index (χ1v) is 6.95. The summed E-state index contributed by atoms with van der Waals surface area (Å²) in [6, 6.07) is 6.27. The number of aliphatic hydroxyl groups excluding tert-OH is 1. The molecule has 1 aromatic rings. The zero-order valence-electron chi connectivity index (χ0n) is 12.1. The van der Waals surface area contributed by atoms with Gasteiger partial charge in [0.25, 0.3) is 0 Å². The molecule has 2 rings (SSSR count). The van der Waals surface area contributed by atoms with Gasteiger partial charge in [0.05, 0.1) is 6.61 Å².